The molecule has 4 nitrogen and oxygen atoms in total. The van der Waals surface area contributed by atoms with E-state index < -0.39 is 0 Å². The van der Waals surface area contributed by atoms with Crippen molar-refractivity contribution in [1.82, 2.24) is 10.2 Å². The molecule has 3 fully saturated rings. The van der Waals surface area contributed by atoms with Gasteiger partial charge < -0.3 is 10.2 Å². The molecule has 0 aromatic heterocycles. The number of hydrogen-bond acceptors (Lipinski definition) is 2. The van der Waals surface area contributed by atoms with Gasteiger partial charge in [-0.15, -0.1) is 0 Å². The molecule has 0 spiro atoms. The molecule has 0 bridgehead atoms. The van der Waals surface area contributed by atoms with Crippen molar-refractivity contribution in [3.8, 4) is 11.1 Å². The minimum atomic E-state index is 0.0500. The van der Waals surface area contributed by atoms with Gasteiger partial charge in [0.15, 0.2) is 0 Å². The van der Waals surface area contributed by atoms with Crippen LogP contribution in [0.1, 0.15) is 57.9 Å². The third-order valence-corrected chi connectivity index (χ3v) is 11.0. The summed E-state index contributed by atoms with van der Waals surface area (Å²) in [4.78, 5) is 28.0. The van der Waals surface area contributed by atoms with Crippen molar-refractivity contribution in [3.05, 3.63) is 72.3 Å². The van der Waals surface area contributed by atoms with Gasteiger partial charge in [0.2, 0.25) is 11.8 Å². The smallest absolute Gasteiger partial charge is 0.246 e. The largest absolute Gasteiger partial charge is 0.352 e. The Labute approximate surface area is 221 Å². The molecule has 1 aliphatic heterocycles. The van der Waals surface area contributed by atoms with E-state index in [0.717, 1.165) is 32.1 Å². The number of fused-ring (bicyclic) bond motifs is 5. The van der Waals surface area contributed by atoms with Gasteiger partial charge in [0.05, 0.1) is 0 Å². The average molecular weight is 497 g/mol. The predicted molar refractivity (Wildman–Crippen MR) is 147 cm³/mol. The Hall–Kier alpha value is -2.88. The van der Waals surface area contributed by atoms with Gasteiger partial charge in [-0.2, -0.15) is 0 Å². The van der Waals surface area contributed by atoms with Crippen LogP contribution in [-0.4, -0.2) is 29.8 Å². The molecule has 194 valence electrons. The van der Waals surface area contributed by atoms with E-state index in [1.54, 1.807) is 0 Å². The molecule has 2 amide bonds. The maximum absolute atomic E-state index is 13.7. The number of amides is 2. The molecule has 0 saturated heterocycles. The molecule has 3 saturated carbocycles. The summed E-state index contributed by atoms with van der Waals surface area (Å²) in [6.07, 6.45) is 10.7. The first-order valence-corrected chi connectivity index (χ1v) is 14.2. The summed E-state index contributed by atoms with van der Waals surface area (Å²) in [5.41, 5.74) is 3.65. The molecule has 3 aliphatic carbocycles. The summed E-state index contributed by atoms with van der Waals surface area (Å²) in [7, 11) is 1.98. The lowest BCUT2D eigenvalue weighted by atomic mass is 9.47. The molecule has 6 rings (SSSR count). The van der Waals surface area contributed by atoms with Gasteiger partial charge in [0, 0.05) is 31.0 Å². The number of nitrogens with one attached hydrogen (secondary N) is 1. The van der Waals surface area contributed by atoms with Gasteiger partial charge in [-0.05, 0) is 84.5 Å². The first kappa shape index (κ1) is 24.5. The average Bonchev–Trinajstić information content (AvgIpc) is 3.28. The maximum atomic E-state index is 13.7. The zero-order valence-corrected chi connectivity index (χ0v) is 22.5. The highest BCUT2D eigenvalue weighted by atomic mass is 16.2. The maximum Gasteiger partial charge on any atom is 0.246 e. The zero-order chi connectivity index (χ0) is 25.8. The van der Waals surface area contributed by atoms with Gasteiger partial charge in [-0.25, -0.2) is 0 Å². The minimum Gasteiger partial charge on any atom is -0.352 e. The molecule has 1 heterocycles. The third kappa shape index (κ3) is 3.86. The molecule has 37 heavy (non-hydrogen) atoms. The van der Waals surface area contributed by atoms with Crippen LogP contribution in [0.15, 0.2) is 66.7 Å². The Morgan fingerprint density at radius 3 is 2.51 bits per heavy atom. The monoisotopic (exact) mass is 496 g/mol. The van der Waals surface area contributed by atoms with Gasteiger partial charge >= 0.3 is 0 Å². The fourth-order valence-electron chi connectivity index (χ4n) is 9.05. The predicted octanol–water partition coefficient (Wildman–Crippen LogP) is 6.23. The number of carbonyl (C=O) groups excluding carboxylic acids is 2. The van der Waals surface area contributed by atoms with Crippen LogP contribution in [0.25, 0.3) is 11.1 Å². The Bertz CT molecular complexity index is 1220. The Balaban J connectivity index is 1.18. The summed E-state index contributed by atoms with van der Waals surface area (Å²) < 4.78 is 0. The van der Waals surface area contributed by atoms with Gasteiger partial charge in [0.1, 0.15) is 0 Å². The SMILES string of the molecule is CN1C(=O)C=C[C@@]2(C)C1CC[C@@H]1[C@H]2CC[C@]2(C)C(C(=O)NCc3ccccc3-c3ccccc3)CC[C@@H]12. The summed E-state index contributed by atoms with van der Waals surface area (Å²) >= 11 is 0. The van der Waals surface area contributed by atoms with Crippen LogP contribution in [0.5, 0.6) is 0 Å². The highest BCUT2D eigenvalue weighted by Crippen LogP contribution is 2.65. The van der Waals surface area contributed by atoms with Crippen molar-refractivity contribution < 1.29 is 9.59 Å². The van der Waals surface area contributed by atoms with Crippen molar-refractivity contribution in [2.75, 3.05) is 7.05 Å². The Morgan fingerprint density at radius 2 is 1.70 bits per heavy atom. The van der Waals surface area contributed by atoms with E-state index in [0.29, 0.717) is 30.3 Å². The van der Waals surface area contributed by atoms with Crippen LogP contribution in [-0.2, 0) is 16.1 Å². The van der Waals surface area contributed by atoms with E-state index in [1.165, 1.54) is 23.1 Å². The topological polar surface area (TPSA) is 49.4 Å². The molecule has 2 aromatic rings. The summed E-state index contributed by atoms with van der Waals surface area (Å²) in [6.45, 7) is 5.36. The van der Waals surface area contributed by atoms with E-state index in [1.807, 2.05) is 24.1 Å². The first-order valence-electron chi connectivity index (χ1n) is 14.2. The molecule has 2 aromatic carbocycles. The van der Waals surface area contributed by atoms with Crippen LogP contribution >= 0.6 is 0 Å². The van der Waals surface area contributed by atoms with Gasteiger partial charge in [-0.1, -0.05) is 74.5 Å². The van der Waals surface area contributed by atoms with Crippen LogP contribution in [0.2, 0.25) is 0 Å². The van der Waals surface area contributed by atoms with Gasteiger partial charge in [-0.3, -0.25) is 9.59 Å². The van der Waals surface area contributed by atoms with E-state index in [2.05, 4.69) is 73.8 Å². The zero-order valence-electron chi connectivity index (χ0n) is 22.5. The highest BCUT2D eigenvalue weighted by molar-refractivity contribution is 5.89. The van der Waals surface area contributed by atoms with Crippen molar-refractivity contribution >= 4 is 11.8 Å². The van der Waals surface area contributed by atoms with Crippen molar-refractivity contribution in [1.29, 1.82) is 0 Å². The lowest BCUT2D eigenvalue weighted by molar-refractivity contribution is -0.142. The second-order valence-corrected chi connectivity index (χ2v) is 12.5. The summed E-state index contributed by atoms with van der Waals surface area (Å²) in [5.74, 6) is 2.28. The molecular formula is C33H40N2O2. The van der Waals surface area contributed by atoms with Crippen LogP contribution in [0.4, 0.5) is 0 Å². The van der Waals surface area contributed by atoms with Crippen molar-refractivity contribution in [2.24, 2.45) is 34.5 Å². The lowest BCUT2D eigenvalue weighted by Gasteiger charge is -2.60. The highest BCUT2D eigenvalue weighted by Gasteiger charge is 2.61. The number of rotatable bonds is 4. The Morgan fingerprint density at radius 1 is 0.946 bits per heavy atom. The van der Waals surface area contributed by atoms with Crippen molar-refractivity contribution in [2.45, 2.75) is 65.0 Å². The quantitative estimate of drug-likeness (QED) is 0.546. The molecule has 4 heteroatoms. The summed E-state index contributed by atoms with van der Waals surface area (Å²) in [5, 5.41) is 3.35. The second kappa shape index (κ2) is 9.15. The molecule has 7 atom stereocenters. The number of benzene rings is 2. The van der Waals surface area contributed by atoms with Crippen LogP contribution in [0.3, 0.4) is 0 Å². The third-order valence-electron chi connectivity index (χ3n) is 11.0. The fourth-order valence-corrected chi connectivity index (χ4v) is 9.05. The number of likely N-dealkylation sites (N-methyl/N-ethyl adjacent to an activating group) is 1. The van der Waals surface area contributed by atoms with E-state index in [4.69, 9.17) is 0 Å². The molecule has 1 N–H and O–H groups in total. The number of hydrogen-bond donors (Lipinski definition) is 1. The number of nitrogens with zero attached hydrogens (tertiary/aromatic N) is 1. The fraction of sp³-hybridized carbons (Fsp3) is 0.515. The minimum absolute atomic E-state index is 0.0500. The number of carbonyl (C=O) groups is 2. The molecule has 0 radical (unpaired) electrons. The molecule has 4 aliphatic rings. The van der Waals surface area contributed by atoms with Crippen molar-refractivity contribution in [3.63, 3.8) is 0 Å². The van der Waals surface area contributed by atoms with Gasteiger partial charge in [0.25, 0.3) is 0 Å². The molecule has 2 unspecified atom stereocenters. The lowest BCUT2D eigenvalue weighted by Crippen LogP contribution is -2.59. The summed E-state index contributed by atoms with van der Waals surface area (Å²) in [6, 6.07) is 19.1. The Kier molecular flexibility index (Phi) is 6.05. The normalized spacial score (nSPS) is 36.5. The van der Waals surface area contributed by atoms with E-state index in [9.17, 15) is 9.59 Å². The standard InChI is InChI=1S/C33H40N2O2/c1-32-19-17-27-25(13-16-29-33(27,2)20-18-30(36)35(29)3)26(32)14-15-28(32)31(37)34-21-23-11-7-8-12-24(23)22-9-5-4-6-10-22/h4-12,18,20,25-29H,13-17,19,21H2,1-3H3,(H,34,37)/t25-,26-,27+,28?,29?,32-,33+/m0/s1. The second-order valence-electron chi connectivity index (χ2n) is 12.5. The van der Waals surface area contributed by atoms with E-state index >= 15 is 0 Å². The first-order chi connectivity index (χ1) is 17.8. The van der Waals surface area contributed by atoms with E-state index in [-0.39, 0.29) is 28.6 Å². The van der Waals surface area contributed by atoms with Crippen LogP contribution in [0, 0.1) is 34.5 Å². The van der Waals surface area contributed by atoms with Crippen LogP contribution < -0.4 is 5.32 Å². The molecular weight excluding hydrogens is 456 g/mol.